The Hall–Kier alpha value is -1.59. The van der Waals surface area contributed by atoms with E-state index in [1.165, 1.54) is 4.31 Å². The summed E-state index contributed by atoms with van der Waals surface area (Å²) >= 11 is 6.70. The van der Waals surface area contributed by atoms with Crippen molar-refractivity contribution in [1.29, 1.82) is 0 Å². The van der Waals surface area contributed by atoms with Gasteiger partial charge in [0.25, 0.3) is 5.91 Å². The molecule has 10 heteroatoms. The molecule has 1 amide bonds. The van der Waals surface area contributed by atoms with E-state index in [1.54, 1.807) is 24.3 Å². The van der Waals surface area contributed by atoms with Crippen LogP contribution in [0.1, 0.15) is 12.5 Å². The number of hydrogen-bond donors (Lipinski definition) is 1. The van der Waals surface area contributed by atoms with E-state index in [2.05, 4.69) is 42.4 Å². The number of piperazine rings is 1. The molecule has 30 heavy (non-hydrogen) atoms. The summed E-state index contributed by atoms with van der Waals surface area (Å²) in [5, 5.41) is 4.16. The van der Waals surface area contributed by atoms with Gasteiger partial charge in [0.05, 0.1) is 17.2 Å². The van der Waals surface area contributed by atoms with E-state index in [-0.39, 0.29) is 17.3 Å². The van der Waals surface area contributed by atoms with Gasteiger partial charge >= 0.3 is 0 Å². The Balaban J connectivity index is 1.50. The van der Waals surface area contributed by atoms with Gasteiger partial charge in [-0.25, -0.2) is 13.8 Å². The van der Waals surface area contributed by atoms with Crippen LogP contribution in [0.25, 0.3) is 0 Å². The lowest BCUT2D eigenvalue weighted by molar-refractivity contribution is -0.122. The molecule has 3 rings (SSSR count). The minimum Gasteiger partial charge on any atom is -0.292 e. The summed E-state index contributed by atoms with van der Waals surface area (Å²) in [4.78, 5) is 14.4. The van der Waals surface area contributed by atoms with Gasteiger partial charge in [-0.15, -0.1) is 0 Å². The molecular formula is C20H22Br2N4O3S. The van der Waals surface area contributed by atoms with E-state index >= 15 is 0 Å². The molecule has 2 aromatic carbocycles. The SMILES string of the molecule is CC(=NNC(=O)CN1CCN(S(=O)(=O)c2ccc(Br)cc2)CC1)c1ccc(Br)cc1. The highest BCUT2D eigenvalue weighted by molar-refractivity contribution is 9.10. The molecule has 1 heterocycles. The smallest absolute Gasteiger partial charge is 0.254 e. The Morgan fingerprint density at radius 2 is 1.50 bits per heavy atom. The molecule has 160 valence electrons. The first-order valence-corrected chi connectivity index (χ1v) is 12.4. The van der Waals surface area contributed by atoms with Crippen LogP contribution in [0.5, 0.6) is 0 Å². The number of rotatable bonds is 6. The molecule has 1 aliphatic heterocycles. The van der Waals surface area contributed by atoms with Crippen molar-refractivity contribution < 1.29 is 13.2 Å². The van der Waals surface area contributed by atoms with E-state index in [1.807, 2.05) is 36.1 Å². The highest BCUT2D eigenvalue weighted by atomic mass is 79.9. The second-order valence-corrected chi connectivity index (χ2v) is 10.6. The average molecular weight is 558 g/mol. The number of amides is 1. The van der Waals surface area contributed by atoms with Gasteiger partial charge in [0.2, 0.25) is 10.0 Å². The van der Waals surface area contributed by atoms with Crippen molar-refractivity contribution in [3.8, 4) is 0 Å². The van der Waals surface area contributed by atoms with Gasteiger partial charge in [-0.1, -0.05) is 44.0 Å². The Labute approximate surface area is 193 Å². The quantitative estimate of drug-likeness (QED) is 0.437. The minimum atomic E-state index is -3.53. The van der Waals surface area contributed by atoms with E-state index in [0.717, 1.165) is 14.5 Å². The number of halogens is 2. The number of nitrogens with zero attached hydrogens (tertiary/aromatic N) is 3. The number of nitrogens with one attached hydrogen (secondary N) is 1. The zero-order valence-corrected chi connectivity index (χ0v) is 20.4. The van der Waals surface area contributed by atoms with Crippen molar-refractivity contribution in [1.82, 2.24) is 14.6 Å². The Morgan fingerprint density at radius 1 is 0.967 bits per heavy atom. The van der Waals surface area contributed by atoms with Crippen molar-refractivity contribution in [2.45, 2.75) is 11.8 Å². The summed E-state index contributed by atoms with van der Waals surface area (Å²) in [5.74, 6) is -0.226. The number of benzene rings is 2. The van der Waals surface area contributed by atoms with Gasteiger partial charge < -0.3 is 0 Å². The van der Waals surface area contributed by atoms with Crippen LogP contribution < -0.4 is 5.43 Å². The number of hydrogen-bond acceptors (Lipinski definition) is 5. The zero-order valence-electron chi connectivity index (χ0n) is 16.4. The predicted octanol–water partition coefficient (Wildman–Crippen LogP) is 3.06. The van der Waals surface area contributed by atoms with Crippen molar-refractivity contribution in [2.24, 2.45) is 5.10 Å². The van der Waals surface area contributed by atoms with Crippen molar-refractivity contribution in [3.05, 3.63) is 63.0 Å². The number of sulfonamides is 1. The van der Waals surface area contributed by atoms with Crippen molar-refractivity contribution in [3.63, 3.8) is 0 Å². The number of hydrazone groups is 1. The second-order valence-electron chi connectivity index (χ2n) is 6.87. The van der Waals surface area contributed by atoms with Crippen LogP contribution in [-0.2, 0) is 14.8 Å². The molecule has 7 nitrogen and oxygen atoms in total. The molecule has 0 aromatic heterocycles. The molecule has 1 saturated heterocycles. The average Bonchev–Trinajstić information content (AvgIpc) is 2.73. The molecule has 0 bridgehead atoms. The second kappa shape index (κ2) is 10.1. The Bertz CT molecular complexity index is 1020. The lowest BCUT2D eigenvalue weighted by Crippen LogP contribution is -2.50. The van der Waals surface area contributed by atoms with E-state index in [9.17, 15) is 13.2 Å². The lowest BCUT2D eigenvalue weighted by Gasteiger charge is -2.33. The lowest BCUT2D eigenvalue weighted by atomic mass is 10.1. The molecule has 0 saturated carbocycles. The fraction of sp³-hybridized carbons (Fsp3) is 0.300. The Kier molecular flexibility index (Phi) is 7.81. The highest BCUT2D eigenvalue weighted by Gasteiger charge is 2.29. The molecule has 0 unspecified atom stereocenters. The Morgan fingerprint density at radius 3 is 2.07 bits per heavy atom. The van der Waals surface area contributed by atoms with E-state index < -0.39 is 10.0 Å². The maximum absolute atomic E-state index is 12.8. The third-order valence-electron chi connectivity index (χ3n) is 4.76. The van der Waals surface area contributed by atoms with Crippen LogP contribution in [-0.4, -0.2) is 62.0 Å². The summed E-state index contributed by atoms with van der Waals surface area (Å²) in [7, 11) is -3.53. The zero-order chi connectivity index (χ0) is 21.7. The molecule has 0 aliphatic carbocycles. The van der Waals surface area contributed by atoms with Crippen LogP contribution in [0.15, 0.2) is 67.5 Å². The van der Waals surface area contributed by atoms with Gasteiger partial charge in [-0.05, 0) is 48.9 Å². The van der Waals surface area contributed by atoms with E-state index in [0.29, 0.717) is 31.9 Å². The molecule has 2 aromatic rings. The third-order valence-corrected chi connectivity index (χ3v) is 7.73. The molecule has 0 radical (unpaired) electrons. The first-order chi connectivity index (χ1) is 14.3. The summed E-state index contributed by atoms with van der Waals surface area (Å²) in [6.07, 6.45) is 0. The van der Waals surface area contributed by atoms with Crippen LogP contribution in [0.4, 0.5) is 0 Å². The minimum absolute atomic E-state index is 0.170. The maximum atomic E-state index is 12.8. The van der Waals surface area contributed by atoms with Crippen LogP contribution in [0.2, 0.25) is 0 Å². The normalized spacial score (nSPS) is 16.4. The fourth-order valence-corrected chi connectivity index (χ4v) is 4.97. The monoisotopic (exact) mass is 556 g/mol. The van der Waals surface area contributed by atoms with Gasteiger partial charge in [-0.3, -0.25) is 9.69 Å². The summed E-state index contributed by atoms with van der Waals surface area (Å²) in [5.41, 5.74) is 4.21. The largest absolute Gasteiger partial charge is 0.292 e. The topological polar surface area (TPSA) is 82.1 Å². The first kappa shape index (κ1) is 23.1. The maximum Gasteiger partial charge on any atom is 0.254 e. The first-order valence-electron chi connectivity index (χ1n) is 9.33. The van der Waals surface area contributed by atoms with Gasteiger partial charge in [-0.2, -0.15) is 9.41 Å². The van der Waals surface area contributed by atoms with Gasteiger partial charge in [0, 0.05) is 35.1 Å². The van der Waals surface area contributed by atoms with Crippen molar-refractivity contribution >= 4 is 53.5 Å². The molecule has 0 spiro atoms. The number of carbonyl (C=O) groups is 1. The molecule has 0 atom stereocenters. The summed E-state index contributed by atoms with van der Waals surface area (Å²) in [6.45, 7) is 3.65. The number of carbonyl (C=O) groups excluding carboxylic acids is 1. The standard InChI is InChI=1S/C20H22Br2N4O3S/c1-15(16-2-4-17(21)5-3-16)23-24-20(27)14-25-10-12-26(13-11-25)30(28,29)19-8-6-18(22)7-9-19/h2-9H,10-14H2,1H3,(H,24,27). The molecule has 1 fully saturated rings. The third kappa shape index (κ3) is 5.98. The van der Waals surface area contributed by atoms with Crippen LogP contribution >= 0.6 is 31.9 Å². The molecular weight excluding hydrogens is 536 g/mol. The highest BCUT2D eigenvalue weighted by Crippen LogP contribution is 2.20. The van der Waals surface area contributed by atoms with E-state index in [4.69, 9.17) is 0 Å². The van der Waals surface area contributed by atoms with Gasteiger partial charge in [0.15, 0.2) is 0 Å². The fourth-order valence-electron chi connectivity index (χ4n) is 3.02. The van der Waals surface area contributed by atoms with Gasteiger partial charge in [0.1, 0.15) is 0 Å². The van der Waals surface area contributed by atoms with Crippen LogP contribution in [0, 0.1) is 0 Å². The van der Waals surface area contributed by atoms with Crippen molar-refractivity contribution in [2.75, 3.05) is 32.7 Å². The summed E-state index contributed by atoms with van der Waals surface area (Å²) < 4.78 is 28.8. The predicted molar refractivity (Wildman–Crippen MR) is 124 cm³/mol. The summed E-state index contributed by atoms with van der Waals surface area (Å²) in [6, 6.07) is 14.3. The van der Waals surface area contributed by atoms with Crippen LogP contribution in [0.3, 0.4) is 0 Å². The molecule has 1 aliphatic rings. The molecule has 1 N–H and O–H groups in total.